The zero-order chi connectivity index (χ0) is 14.7. The van der Waals surface area contributed by atoms with E-state index in [4.69, 9.17) is 0 Å². The number of aromatic nitrogens is 2. The van der Waals surface area contributed by atoms with Crippen LogP contribution >= 0.6 is 0 Å². The van der Waals surface area contributed by atoms with E-state index in [9.17, 15) is 4.79 Å². The topological polar surface area (TPSA) is 46.1 Å². The number of hydrogen-bond donors (Lipinski definition) is 0. The van der Waals surface area contributed by atoms with Gasteiger partial charge >= 0.3 is 0 Å². The summed E-state index contributed by atoms with van der Waals surface area (Å²) in [6, 6.07) is 9.78. The number of amides is 1. The molecule has 1 aromatic carbocycles. The van der Waals surface area contributed by atoms with Gasteiger partial charge in [-0.3, -0.25) is 4.79 Å². The zero-order valence-electron chi connectivity index (χ0n) is 12.2. The second-order valence-corrected chi connectivity index (χ2v) is 5.45. The highest BCUT2D eigenvalue weighted by molar-refractivity contribution is 5.83. The third kappa shape index (κ3) is 2.94. The van der Waals surface area contributed by atoms with E-state index in [2.05, 4.69) is 9.97 Å². The molecule has 4 heteroatoms. The number of nitrogens with zero attached hydrogens (tertiary/aromatic N) is 3. The van der Waals surface area contributed by atoms with E-state index in [-0.39, 0.29) is 11.8 Å². The van der Waals surface area contributed by atoms with Gasteiger partial charge in [0.1, 0.15) is 0 Å². The summed E-state index contributed by atoms with van der Waals surface area (Å²) in [5.74, 6) is 0.854. The van der Waals surface area contributed by atoms with E-state index in [1.54, 1.807) is 18.5 Å². The van der Waals surface area contributed by atoms with Crippen molar-refractivity contribution in [3.63, 3.8) is 0 Å². The molecule has 0 N–H and O–H groups in total. The Bertz CT molecular complexity index is 604. The minimum absolute atomic E-state index is 0.0890. The van der Waals surface area contributed by atoms with Crippen molar-refractivity contribution in [1.29, 1.82) is 0 Å². The number of carbonyl (C=O) groups excluding carboxylic acids is 1. The van der Waals surface area contributed by atoms with Crippen LogP contribution in [0.3, 0.4) is 0 Å². The van der Waals surface area contributed by atoms with Crippen LogP contribution in [0.25, 0.3) is 11.4 Å². The lowest BCUT2D eigenvalue weighted by atomic mass is 9.98. The molecule has 0 bridgehead atoms. The first-order chi connectivity index (χ1) is 10.3. The lowest BCUT2D eigenvalue weighted by Crippen LogP contribution is -2.31. The molecule has 1 atom stereocenters. The Morgan fingerprint density at radius 3 is 2.33 bits per heavy atom. The van der Waals surface area contributed by atoms with Crippen LogP contribution in [0.5, 0.6) is 0 Å². The van der Waals surface area contributed by atoms with Crippen LogP contribution in [0.2, 0.25) is 0 Å². The van der Waals surface area contributed by atoms with Crippen LogP contribution < -0.4 is 0 Å². The maximum atomic E-state index is 12.4. The number of rotatable bonds is 3. The van der Waals surface area contributed by atoms with Gasteiger partial charge in [0.2, 0.25) is 5.91 Å². The molecule has 0 radical (unpaired) electrons. The van der Waals surface area contributed by atoms with Crippen molar-refractivity contribution in [2.24, 2.45) is 0 Å². The van der Waals surface area contributed by atoms with Gasteiger partial charge in [0.15, 0.2) is 5.82 Å². The highest BCUT2D eigenvalue weighted by Crippen LogP contribution is 2.23. The van der Waals surface area contributed by atoms with Crippen LogP contribution in [0.1, 0.15) is 31.2 Å². The molecule has 0 aliphatic carbocycles. The van der Waals surface area contributed by atoms with Crippen molar-refractivity contribution in [3.8, 4) is 11.4 Å². The van der Waals surface area contributed by atoms with Crippen molar-refractivity contribution in [1.82, 2.24) is 14.9 Å². The lowest BCUT2D eigenvalue weighted by Gasteiger charge is -2.20. The van der Waals surface area contributed by atoms with E-state index in [0.717, 1.165) is 37.1 Å². The molecule has 1 aliphatic heterocycles. The minimum atomic E-state index is -0.0890. The number of carbonyl (C=O) groups is 1. The fraction of sp³-hybridized carbons (Fsp3) is 0.353. The molecule has 4 nitrogen and oxygen atoms in total. The van der Waals surface area contributed by atoms with Gasteiger partial charge in [-0.1, -0.05) is 24.3 Å². The Morgan fingerprint density at radius 1 is 1.10 bits per heavy atom. The Morgan fingerprint density at radius 2 is 1.71 bits per heavy atom. The summed E-state index contributed by atoms with van der Waals surface area (Å²) in [5.41, 5.74) is 2.02. The van der Waals surface area contributed by atoms with E-state index in [0.29, 0.717) is 5.82 Å². The molecule has 0 saturated carbocycles. The van der Waals surface area contributed by atoms with E-state index < -0.39 is 0 Å². The molecule has 108 valence electrons. The lowest BCUT2D eigenvalue weighted by molar-refractivity contribution is -0.131. The van der Waals surface area contributed by atoms with E-state index in [1.807, 2.05) is 36.1 Å². The fourth-order valence-corrected chi connectivity index (χ4v) is 2.72. The fourth-order valence-electron chi connectivity index (χ4n) is 2.72. The van der Waals surface area contributed by atoms with Gasteiger partial charge in [-0.2, -0.15) is 0 Å². The predicted molar refractivity (Wildman–Crippen MR) is 81.7 cm³/mol. The summed E-state index contributed by atoms with van der Waals surface area (Å²) in [6.07, 6.45) is 5.72. The molecule has 3 rings (SSSR count). The summed E-state index contributed by atoms with van der Waals surface area (Å²) >= 11 is 0. The summed E-state index contributed by atoms with van der Waals surface area (Å²) in [5, 5.41) is 0. The van der Waals surface area contributed by atoms with E-state index in [1.165, 1.54) is 0 Å². The molecule has 1 aliphatic rings. The third-order valence-corrected chi connectivity index (χ3v) is 4.02. The maximum Gasteiger partial charge on any atom is 0.229 e. The summed E-state index contributed by atoms with van der Waals surface area (Å²) in [6.45, 7) is 3.78. The van der Waals surface area contributed by atoms with E-state index >= 15 is 0 Å². The smallest absolute Gasteiger partial charge is 0.229 e. The van der Waals surface area contributed by atoms with Gasteiger partial charge in [-0.15, -0.1) is 0 Å². The SMILES string of the molecule is CC(C(=O)N1CCCC1)c1ccc(-c2ncccn2)cc1. The summed E-state index contributed by atoms with van der Waals surface area (Å²) < 4.78 is 0. The third-order valence-electron chi connectivity index (χ3n) is 4.02. The molecule has 2 aromatic rings. The summed E-state index contributed by atoms with van der Waals surface area (Å²) in [4.78, 5) is 22.8. The molecule has 1 fully saturated rings. The molecule has 21 heavy (non-hydrogen) atoms. The normalized spacial score (nSPS) is 16.0. The van der Waals surface area contributed by atoms with Crippen LogP contribution in [-0.2, 0) is 4.79 Å². The molecule has 1 unspecified atom stereocenters. The number of hydrogen-bond acceptors (Lipinski definition) is 3. The Kier molecular flexibility index (Phi) is 3.95. The monoisotopic (exact) mass is 281 g/mol. The number of benzene rings is 1. The molecular weight excluding hydrogens is 262 g/mol. The van der Waals surface area contributed by atoms with Crippen LogP contribution in [0, 0.1) is 0 Å². The van der Waals surface area contributed by atoms with Crippen molar-refractivity contribution in [2.75, 3.05) is 13.1 Å². The average molecular weight is 281 g/mol. The van der Waals surface area contributed by atoms with Gasteiger partial charge < -0.3 is 4.90 Å². The van der Waals surface area contributed by atoms with Gasteiger partial charge in [0.05, 0.1) is 5.92 Å². The molecule has 2 heterocycles. The van der Waals surface area contributed by atoms with Crippen LogP contribution in [-0.4, -0.2) is 33.9 Å². The largest absolute Gasteiger partial charge is 0.342 e. The minimum Gasteiger partial charge on any atom is -0.342 e. The molecule has 1 amide bonds. The standard InChI is InChI=1S/C17H19N3O/c1-13(17(21)20-11-2-3-12-20)14-5-7-15(8-6-14)16-18-9-4-10-19-16/h4-10,13H,2-3,11-12H2,1H3. The summed E-state index contributed by atoms with van der Waals surface area (Å²) in [7, 11) is 0. The predicted octanol–water partition coefficient (Wildman–Crippen LogP) is 2.87. The average Bonchev–Trinajstić information content (AvgIpc) is 3.09. The Balaban J connectivity index is 1.76. The highest BCUT2D eigenvalue weighted by Gasteiger charge is 2.24. The van der Waals surface area contributed by atoms with Crippen molar-refractivity contribution >= 4 is 5.91 Å². The van der Waals surface area contributed by atoms with Crippen molar-refractivity contribution in [3.05, 3.63) is 48.3 Å². The molecular formula is C17H19N3O. The second-order valence-electron chi connectivity index (χ2n) is 5.45. The highest BCUT2D eigenvalue weighted by atomic mass is 16.2. The Labute approximate surface area is 124 Å². The number of likely N-dealkylation sites (tertiary alicyclic amines) is 1. The quantitative estimate of drug-likeness (QED) is 0.869. The van der Waals surface area contributed by atoms with Gasteiger partial charge in [-0.05, 0) is 31.4 Å². The molecule has 0 spiro atoms. The van der Waals surface area contributed by atoms with Crippen LogP contribution in [0.4, 0.5) is 0 Å². The van der Waals surface area contributed by atoms with Gasteiger partial charge in [0.25, 0.3) is 0 Å². The van der Waals surface area contributed by atoms with Crippen molar-refractivity contribution in [2.45, 2.75) is 25.7 Å². The van der Waals surface area contributed by atoms with Gasteiger partial charge in [-0.25, -0.2) is 9.97 Å². The molecule has 1 saturated heterocycles. The molecule has 1 aromatic heterocycles. The zero-order valence-corrected chi connectivity index (χ0v) is 12.2. The Hall–Kier alpha value is -2.23. The van der Waals surface area contributed by atoms with Crippen LogP contribution in [0.15, 0.2) is 42.7 Å². The first kappa shape index (κ1) is 13.7. The first-order valence-electron chi connectivity index (χ1n) is 7.42. The first-order valence-corrected chi connectivity index (χ1v) is 7.42. The maximum absolute atomic E-state index is 12.4. The van der Waals surface area contributed by atoms with Gasteiger partial charge in [0, 0.05) is 31.0 Å². The second kappa shape index (κ2) is 6.04. The van der Waals surface area contributed by atoms with Crippen molar-refractivity contribution < 1.29 is 4.79 Å².